The first-order valence-electron chi connectivity index (χ1n) is 8.50. The molecule has 0 aromatic carbocycles. The van der Waals surface area contributed by atoms with Gasteiger partial charge in [-0.15, -0.1) is 0 Å². The molecule has 1 rings (SSSR count). The Kier molecular flexibility index (Phi) is 7.21. The normalized spacial score (nSPS) is 18.1. The van der Waals surface area contributed by atoms with Crippen LogP contribution in [-0.2, 0) is 14.3 Å². The Bertz CT molecular complexity index is 696. The number of rotatable bonds is 8. The number of halogens is 2. The van der Waals surface area contributed by atoms with E-state index in [0.29, 0.717) is 17.7 Å². The molecule has 6 heteroatoms. The van der Waals surface area contributed by atoms with E-state index in [0.717, 1.165) is 11.8 Å². The highest BCUT2D eigenvalue weighted by Gasteiger charge is 2.39. The quantitative estimate of drug-likeness (QED) is 0.472. The molecule has 0 bridgehead atoms. The van der Waals surface area contributed by atoms with E-state index in [1.807, 2.05) is 13.8 Å². The second kappa shape index (κ2) is 8.54. The van der Waals surface area contributed by atoms with E-state index in [4.69, 9.17) is 4.74 Å². The minimum absolute atomic E-state index is 0.0284. The smallest absolute Gasteiger partial charge is 0.270 e. The van der Waals surface area contributed by atoms with Gasteiger partial charge in [-0.25, -0.2) is 13.7 Å². The van der Waals surface area contributed by atoms with Crippen molar-refractivity contribution in [2.45, 2.75) is 47.0 Å². The summed E-state index contributed by atoms with van der Waals surface area (Å²) in [5, 5.41) is 0. The predicted molar refractivity (Wildman–Crippen MR) is 97.5 cm³/mol. The fourth-order valence-electron chi connectivity index (χ4n) is 2.73. The Labute approximate surface area is 153 Å². The maximum absolute atomic E-state index is 13.8. The summed E-state index contributed by atoms with van der Waals surface area (Å²) in [5.74, 6) is -4.15. The second-order valence-corrected chi connectivity index (χ2v) is 6.63. The summed E-state index contributed by atoms with van der Waals surface area (Å²) in [6.45, 7) is 11.2. The van der Waals surface area contributed by atoms with Gasteiger partial charge in [0, 0.05) is 30.9 Å². The number of nitrogens with zero attached hydrogens (tertiary/aromatic N) is 1. The number of carbonyl (C=O) groups is 2. The Morgan fingerprint density at radius 3 is 2.31 bits per heavy atom. The first kappa shape index (κ1) is 22.0. The number of carbonyl (C=O) groups excluding carboxylic acids is 2. The lowest BCUT2D eigenvalue weighted by Crippen LogP contribution is -2.34. The van der Waals surface area contributed by atoms with Gasteiger partial charge in [0.05, 0.1) is 12.2 Å². The van der Waals surface area contributed by atoms with Crippen LogP contribution in [-0.4, -0.2) is 36.4 Å². The van der Waals surface area contributed by atoms with Gasteiger partial charge in [-0.05, 0) is 37.8 Å². The molecule has 1 atom stereocenters. The lowest BCUT2D eigenvalue weighted by molar-refractivity contribution is -0.135. The minimum atomic E-state index is -3.07. The summed E-state index contributed by atoms with van der Waals surface area (Å²) in [6, 6.07) is 0. The van der Waals surface area contributed by atoms with Crippen LogP contribution in [0.25, 0.3) is 0 Å². The summed E-state index contributed by atoms with van der Waals surface area (Å²) in [5.41, 5.74) is 0.980. The van der Waals surface area contributed by atoms with E-state index in [1.54, 1.807) is 6.92 Å². The van der Waals surface area contributed by atoms with Crippen LogP contribution in [0.4, 0.5) is 8.78 Å². The summed E-state index contributed by atoms with van der Waals surface area (Å²) in [7, 11) is 1.44. The Morgan fingerprint density at radius 2 is 1.88 bits per heavy atom. The molecule has 0 aromatic rings. The predicted octanol–water partition coefficient (Wildman–Crippen LogP) is 4.41. The Morgan fingerprint density at radius 1 is 1.31 bits per heavy atom. The van der Waals surface area contributed by atoms with E-state index < -0.39 is 17.7 Å². The van der Waals surface area contributed by atoms with Crippen molar-refractivity contribution >= 4 is 11.8 Å². The van der Waals surface area contributed by atoms with Crippen molar-refractivity contribution in [2.24, 2.45) is 5.92 Å². The fraction of sp³-hybridized carbons (Fsp3) is 0.500. The van der Waals surface area contributed by atoms with Crippen molar-refractivity contribution in [3.63, 3.8) is 0 Å². The van der Waals surface area contributed by atoms with Crippen molar-refractivity contribution in [3.8, 4) is 0 Å². The summed E-state index contributed by atoms with van der Waals surface area (Å²) >= 11 is 0. The zero-order valence-electron chi connectivity index (χ0n) is 16.3. The third kappa shape index (κ3) is 4.55. The average molecular weight is 367 g/mol. The van der Waals surface area contributed by atoms with E-state index in [9.17, 15) is 18.4 Å². The first-order valence-corrected chi connectivity index (χ1v) is 8.50. The Hall–Kier alpha value is -2.08. The van der Waals surface area contributed by atoms with Crippen LogP contribution in [0.15, 0.2) is 46.7 Å². The summed E-state index contributed by atoms with van der Waals surface area (Å²) in [6.07, 6.45) is 3.31. The lowest BCUT2D eigenvalue weighted by Gasteiger charge is -2.24. The highest BCUT2D eigenvalue weighted by Crippen LogP contribution is 2.32. The number of alkyl halides is 2. The molecule has 1 heterocycles. The van der Waals surface area contributed by atoms with E-state index in [1.165, 1.54) is 26.2 Å². The molecule has 0 saturated heterocycles. The molecule has 1 aliphatic heterocycles. The van der Waals surface area contributed by atoms with Crippen LogP contribution in [0, 0.1) is 5.92 Å². The van der Waals surface area contributed by atoms with Gasteiger partial charge in [0.1, 0.15) is 0 Å². The topological polar surface area (TPSA) is 46.6 Å². The molecule has 0 aromatic heterocycles. The van der Waals surface area contributed by atoms with E-state index >= 15 is 0 Å². The van der Waals surface area contributed by atoms with Gasteiger partial charge in [0.15, 0.2) is 0 Å². The number of hydrogen-bond donors (Lipinski definition) is 0. The standard InChI is InChI=1S/C20H27F2NO3/c1-8-13(4)17(10-9-16(12(2)3)20(6,21)22)23-18(24)14(5)15(11-26-7)19(23)25/h9-10,13H,2,8,11H2,1,3-7H3/b16-9+,17-10+. The van der Waals surface area contributed by atoms with Crippen molar-refractivity contribution in [1.82, 2.24) is 4.90 Å². The van der Waals surface area contributed by atoms with Gasteiger partial charge in [-0.2, -0.15) is 0 Å². The number of imide groups is 1. The number of hydrogen-bond acceptors (Lipinski definition) is 3. The van der Waals surface area contributed by atoms with Crippen molar-refractivity contribution in [1.29, 1.82) is 0 Å². The van der Waals surface area contributed by atoms with Gasteiger partial charge < -0.3 is 4.74 Å². The number of methoxy groups -OCH3 is 1. The molecule has 0 N–H and O–H groups in total. The van der Waals surface area contributed by atoms with Gasteiger partial charge >= 0.3 is 0 Å². The first-order chi connectivity index (χ1) is 12.0. The molecule has 4 nitrogen and oxygen atoms in total. The molecule has 26 heavy (non-hydrogen) atoms. The molecule has 2 amide bonds. The van der Waals surface area contributed by atoms with Crippen LogP contribution in [0.1, 0.15) is 41.0 Å². The molecular weight excluding hydrogens is 340 g/mol. The molecule has 0 saturated carbocycles. The average Bonchev–Trinajstić information content (AvgIpc) is 2.74. The molecule has 0 fully saturated rings. The molecular formula is C20H27F2NO3. The molecule has 0 aliphatic carbocycles. The van der Waals surface area contributed by atoms with Gasteiger partial charge in [0.25, 0.3) is 17.7 Å². The van der Waals surface area contributed by atoms with Crippen LogP contribution in [0.2, 0.25) is 0 Å². The minimum Gasteiger partial charge on any atom is -0.380 e. The van der Waals surface area contributed by atoms with Gasteiger partial charge in [-0.3, -0.25) is 9.59 Å². The van der Waals surface area contributed by atoms with E-state index in [-0.39, 0.29) is 29.2 Å². The number of amides is 2. The van der Waals surface area contributed by atoms with Crippen LogP contribution in [0.3, 0.4) is 0 Å². The molecule has 144 valence electrons. The van der Waals surface area contributed by atoms with Crippen molar-refractivity contribution < 1.29 is 23.1 Å². The highest BCUT2D eigenvalue weighted by molar-refractivity contribution is 6.20. The second-order valence-electron chi connectivity index (χ2n) is 6.63. The summed E-state index contributed by atoms with van der Waals surface area (Å²) < 4.78 is 32.6. The van der Waals surface area contributed by atoms with Gasteiger partial charge in [-0.1, -0.05) is 26.5 Å². The molecule has 0 spiro atoms. The number of ether oxygens (including phenoxy) is 1. The SMILES string of the molecule is C=C(C)/C(=C\C=C(/C(C)CC)N1C(=O)C(C)=C(COC)C1=O)C(C)(F)F. The van der Waals surface area contributed by atoms with Crippen LogP contribution in [0.5, 0.6) is 0 Å². The largest absolute Gasteiger partial charge is 0.380 e. The molecule has 1 unspecified atom stereocenters. The maximum atomic E-state index is 13.8. The monoisotopic (exact) mass is 367 g/mol. The van der Waals surface area contributed by atoms with Gasteiger partial charge in [0.2, 0.25) is 0 Å². The highest BCUT2D eigenvalue weighted by atomic mass is 19.3. The zero-order valence-corrected chi connectivity index (χ0v) is 16.3. The van der Waals surface area contributed by atoms with Crippen molar-refractivity contribution in [2.75, 3.05) is 13.7 Å². The third-order valence-electron chi connectivity index (χ3n) is 4.46. The molecule has 0 radical (unpaired) electrons. The Balaban J connectivity index is 3.43. The maximum Gasteiger partial charge on any atom is 0.270 e. The molecule has 1 aliphatic rings. The van der Waals surface area contributed by atoms with Crippen LogP contribution < -0.4 is 0 Å². The van der Waals surface area contributed by atoms with Crippen molar-refractivity contribution in [3.05, 3.63) is 46.7 Å². The zero-order chi connectivity index (χ0) is 20.2. The van der Waals surface area contributed by atoms with E-state index in [2.05, 4.69) is 6.58 Å². The lowest BCUT2D eigenvalue weighted by atomic mass is 9.99. The summed E-state index contributed by atoms with van der Waals surface area (Å²) in [4.78, 5) is 26.4. The van der Waals surface area contributed by atoms with Crippen LogP contribution >= 0.6 is 0 Å². The fourth-order valence-corrected chi connectivity index (χ4v) is 2.73. The number of allylic oxidation sites excluding steroid dienone is 5. The third-order valence-corrected chi connectivity index (χ3v) is 4.46.